The van der Waals surface area contributed by atoms with Gasteiger partial charge in [0.15, 0.2) is 0 Å². The number of halogens is 4. The average molecular weight is 330 g/mol. The van der Waals surface area contributed by atoms with E-state index in [1.807, 2.05) is 0 Å². The largest absolute Gasteiger partial charge is 0.299 e. The van der Waals surface area contributed by atoms with Gasteiger partial charge in [-0.05, 0) is 31.0 Å². The van der Waals surface area contributed by atoms with Crippen LogP contribution in [0, 0.1) is 0 Å². The number of rotatable bonds is 3. The second kappa shape index (κ2) is 5.53. The maximum Gasteiger partial charge on any atom is 0.143 e. The van der Waals surface area contributed by atoms with Gasteiger partial charge in [0.2, 0.25) is 0 Å². The normalized spacial score (nSPS) is 12.6. The Balaban J connectivity index is 3.00. The van der Waals surface area contributed by atoms with E-state index in [-0.39, 0.29) is 10.6 Å². The van der Waals surface area contributed by atoms with Crippen LogP contribution in [0.4, 0.5) is 0 Å². The molecule has 0 saturated heterocycles. The summed E-state index contributed by atoms with van der Waals surface area (Å²) in [5.74, 6) is 0.0390. The first-order chi connectivity index (χ1) is 6.91. The highest BCUT2D eigenvalue weighted by atomic mass is 79.9. The SMILES string of the molecule is CC(=O)C(Br)Cc1c(Cl)cc(Cl)cc1Cl. The Labute approximate surface area is 112 Å². The van der Waals surface area contributed by atoms with Crippen molar-refractivity contribution in [3.8, 4) is 0 Å². The fourth-order valence-corrected chi connectivity index (χ4v) is 2.39. The molecule has 0 radical (unpaired) electrons. The number of carbonyl (C=O) groups is 1. The molecule has 0 fully saturated rings. The summed E-state index contributed by atoms with van der Waals surface area (Å²) in [6, 6.07) is 3.23. The molecule has 1 atom stereocenters. The van der Waals surface area contributed by atoms with Crippen molar-refractivity contribution < 1.29 is 4.79 Å². The minimum Gasteiger partial charge on any atom is -0.299 e. The van der Waals surface area contributed by atoms with E-state index in [0.717, 1.165) is 5.56 Å². The lowest BCUT2D eigenvalue weighted by Crippen LogP contribution is -2.13. The van der Waals surface area contributed by atoms with Crippen molar-refractivity contribution in [1.29, 1.82) is 0 Å². The first-order valence-corrected chi connectivity index (χ1v) is 6.24. The number of benzene rings is 1. The summed E-state index contributed by atoms with van der Waals surface area (Å²) in [7, 11) is 0. The van der Waals surface area contributed by atoms with Crippen LogP contribution in [0.2, 0.25) is 15.1 Å². The maximum atomic E-state index is 11.1. The average Bonchev–Trinajstić information content (AvgIpc) is 2.10. The van der Waals surface area contributed by atoms with E-state index in [1.54, 1.807) is 12.1 Å². The lowest BCUT2D eigenvalue weighted by atomic mass is 10.1. The molecule has 0 bridgehead atoms. The molecule has 1 aromatic carbocycles. The van der Waals surface area contributed by atoms with Gasteiger partial charge in [-0.25, -0.2) is 0 Å². The highest BCUT2D eigenvalue weighted by molar-refractivity contribution is 9.10. The molecule has 0 heterocycles. The third-order valence-corrected chi connectivity index (χ3v) is 3.79. The first-order valence-electron chi connectivity index (χ1n) is 4.19. The Kier molecular flexibility index (Phi) is 4.91. The molecule has 82 valence electrons. The minimum absolute atomic E-state index is 0.0390. The highest BCUT2D eigenvalue weighted by Crippen LogP contribution is 2.30. The topological polar surface area (TPSA) is 17.1 Å². The van der Waals surface area contributed by atoms with Gasteiger partial charge in [0.05, 0.1) is 4.83 Å². The minimum atomic E-state index is -0.270. The number of ketones is 1. The van der Waals surface area contributed by atoms with Gasteiger partial charge < -0.3 is 0 Å². The lowest BCUT2D eigenvalue weighted by molar-refractivity contribution is -0.116. The van der Waals surface area contributed by atoms with Crippen LogP contribution in [0.3, 0.4) is 0 Å². The van der Waals surface area contributed by atoms with Crippen LogP contribution in [0.5, 0.6) is 0 Å². The molecular formula is C10H8BrCl3O. The van der Waals surface area contributed by atoms with Crippen molar-refractivity contribution >= 4 is 56.5 Å². The Morgan fingerprint density at radius 3 is 2.20 bits per heavy atom. The maximum absolute atomic E-state index is 11.1. The molecule has 1 aromatic rings. The number of carbonyl (C=O) groups excluding carboxylic acids is 1. The molecule has 15 heavy (non-hydrogen) atoms. The van der Waals surface area contributed by atoms with E-state index in [4.69, 9.17) is 34.8 Å². The van der Waals surface area contributed by atoms with Crippen LogP contribution >= 0.6 is 50.7 Å². The molecule has 0 N–H and O–H groups in total. The van der Waals surface area contributed by atoms with E-state index in [1.165, 1.54) is 6.92 Å². The van der Waals surface area contributed by atoms with Crippen LogP contribution in [0.1, 0.15) is 12.5 Å². The number of hydrogen-bond donors (Lipinski definition) is 0. The predicted molar refractivity (Wildman–Crippen MR) is 68.6 cm³/mol. The van der Waals surface area contributed by atoms with E-state index in [0.29, 0.717) is 21.5 Å². The molecule has 1 nitrogen and oxygen atoms in total. The van der Waals surface area contributed by atoms with Gasteiger partial charge >= 0.3 is 0 Å². The molecule has 0 amide bonds. The number of alkyl halides is 1. The fraction of sp³-hybridized carbons (Fsp3) is 0.300. The standard InChI is InChI=1S/C10H8BrCl3O/c1-5(15)8(11)4-7-9(13)2-6(12)3-10(7)14/h2-3,8H,4H2,1H3. The zero-order valence-electron chi connectivity index (χ0n) is 7.86. The predicted octanol–water partition coefficient (Wildman–Crippen LogP) is 4.54. The summed E-state index contributed by atoms with van der Waals surface area (Å²) in [4.78, 5) is 10.8. The molecular weight excluding hydrogens is 322 g/mol. The van der Waals surface area contributed by atoms with Crippen LogP contribution in [-0.2, 0) is 11.2 Å². The fourth-order valence-electron chi connectivity index (χ4n) is 1.09. The summed E-state index contributed by atoms with van der Waals surface area (Å²) in [5.41, 5.74) is 0.736. The number of hydrogen-bond acceptors (Lipinski definition) is 1. The molecule has 5 heteroatoms. The third kappa shape index (κ3) is 3.63. The van der Waals surface area contributed by atoms with Crippen molar-refractivity contribution in [2.75, 3.05) is 0 Å². The van der Waals surface area contributed by atoms with Crippen LogP contribution < -0.4 is 0 Å². The van der Waals surface area contributed by atoms with Crippen molar-refractivity contribution in [3.05, 3.63) is 32.8 Å². The van der Waals surface area contributed by atoms with Crippen LogP contribution in [0.15, 0.2) is 12.1 Å². The van der Waals surface area contributed by atoms with Crippen molar-refractivity contribution in [1.82, 2.24) is 0 Å². The molecule has 1 unspecified atom stereocenters. The van der Waals surface area contributed by atoms with Crippen LogP contribution in [0.25, 0.3) is 0 Å². The Morgan fingerprint density at radius 1 is 1.33 bits per heavy atom. The van der Waals surface area contributed by atoms with E-state index >= 15 is 0 Å². The van der Waals surface area contributed by atoms with Crippen molar-refractivity contribution in [2.24, 2.45) is 0 Å². The molecule has 0 aliphatic heterocycles. The van der Waals surface area contributed by atoms with Gasteiger partial charge in [-0.15, -0.1) is 0 Å². The van der Waals surface area contributed by atoms with Gasteiger partial charge in [0.1, 0.15) is 5.78 Å². The Hall–Kier alpha value is 0.240. The molecule has 0 spiro atoms. The monoisotopic (exact) mass is 328 g/mol. The zero-order chi connectivity index (χ0) is 11.6. The van der Waals surface area contributed by atoms with Gasteiger partial charge in [0, 0.05) is 15.1 Å². The molecule has 0 saturated carbocycles. The summed E-state index contributed by atoms with van der Waals surface area (Å²) >= 11 is 21.0. The van der Waals surface area contributed by atoms with Crippen molar-refractivity contribution in [2.45, 2.75) is 18.2 Å². The smallest absolute Gasteiger partial charge is 0.143 e. The van der Waals surface area contributed by atoms with Crippen molar-refractivity contribution in [3.63, 3.8) is 0 Å². The third-order valence-electron chi connectivity index (χ3n) is 1.93. The Morgan fingerprint density at radius 2 is 1.80 bits per heavy atom. The lowest BCUT2D eigenvalue weighted by Gasteiger charge is -2.10. The van der Waals surface area contributed by atoms with E-state index in [9.17, 15) is 4.79 Å². The number of Topliss-reactive ketones (excluding diaryl/α,β-unsaturated/α-hetero) is 1. The molecule has 0 aromatic heterocycles. The Bertz CT molecular complexity index is 369. The summed E-state index contributed by atoms with van der Waals surface area (Å²) in [6.07, 6.45) is 0.462. The van der Waals surface area contributed by atoms with Gasteiger partial charge in [0.25, 0.3) is 0 Å². The van der Waals surface area contributed by atoms with E-state index < -0.39 is 0 Å². The quantitative estimate of drug-likeness (QED) is 0.744. The highest BCUT2D eigenvalue weighted by Gasteiger charge is 2.15. The van der Waals surface area contributed by atoms with Gasteiger partial charge in [-0.1, -0.05) is 50.7 Å². The summed E-state index contributed by atoms with van der Waals surface area (Å²) in [6.45, 7) is 1.51. The van der Waals surface area contributed by atoms with E-state index in [2.05, 4.69) is 15.9 Å². The summed E-state index contributed by atoms with van der Waals surface area (Å²) < 4.78 is 0. The second-order valence-corrected chi connectivity index (χ2v) is 5.49. The first kappa shape index (κ1) is 13.3. The summed E-state index contributed by atoms with van der Waals surface area (Å²) in [5, 5.41) is 1.46. The molecule has 1 rings (SSSR count). The zero-order valence-corrected chi connectivity index (χ0v) is 11.7. The molecule has 0 aliphatic rings. The molecule has 0 aliphatic carbocycles. The van der Waals surface area contributed by atoms with Gasteiger partial charge in [-0.3, -0.25) is 4.79 Å². The van der Waals surface area contributed by atoms with Gasteiger partial charge in [-0.2, -0.15) is 0 Å². The van der Waals surface area contributed by atoms with Crippen LogP contribution in [-0.4, -0.2) is 10.6 Å². The second-order valence-electron chi connectivity index (χ2n) is 3.13.